The molecule has 2 saturated heterocycles. The van der Waals surface area contributed by atoms with Crippen molar-refractivity contribution in [1.82, 2.24) is 10.2 Å². The summed E-state index contributed by atoms with van der Waals surface area (Å²) >= 11 is 0. The molecule has 0 aromatic heterocycles. The Kier molecular flexibility index (Phi) is 6.56. The average molecular weight is 453 g/mol. The van der Waals surface area contributed by atoms with Crippen LogP contribution in [0.3, 0.4) is 0 Å². The molecule has 3 heterocycles. The molecule has 1 aromatic rings. The van der Waals surface area contributed by atoms with E-state index in [1.54, 1.807) is 4.90 Å². The third kappa shape index (κ3) is 4.59. The highest BCUT2D eigenvalue weighted by Crippen LogP contribution is 2.40. The van der Waals surface area contributed by atoms with Crippen LogP contribution in [-0.4, -0.2) is 60.9 Å². The predicted molar refractivity (Wildman–Crippen MR) is 129 cm³/mol. The smallest absolute Gasteiger partial charge is 0.253 e. The Morgan fingerprint density at radius 1 is 0.848 bits per heavy atom. The lowest BCUT2D eigenvalue weighted by Crippen LogP contribution is -2.57. The molecule has 7 nitrogen and oxygen atoms in total. The van der Waals surface area contributed by atoms with Gasteiger partial charge >= 0.3 is 0 Å². The molecular weight excluding hydrogens is 416 g/mol. The van der Waals surface area contributed by atoms with Gasteiger partial charge in [-0.25, -0.2) is 0 Å². The average Bonchev–Trinajstić information content (AvgIpc) is 3.26. The van der Waals surface area contributed by atoms with E-state index in [0.29, 0.717) is 11.3 Å². The summed E-state index contributed by atoms with van der Waals surface area (Å²) in [5, 5.41) is 3.19. The van der Waals surface area contributed by atoms with Crippen molar-refractivity contribution in [3.8, 4) is 0 Å². The van der Waals surface area contributed by atoms with Gasteiger partial charge in [-0.1, -0.05) is 25.7 Å². The first-order valence-electron chi connectivity index (χ1n) is 12.9. The van der Waals surface area contributed by atoms with Gasteiger partial charge in [-0.3, -0.25) is 19.3 Å². The van der Waals surface area contributed by atoms with E-state index >= 15 is 0 Å². The van der Waals surface area contributed by atoms with Crippen LogP contribution in [0.5, 0.6) is 0 Å². The SMILES string of the molecule is O=C(CN1C(=O)C2CCCCN2c2ccc(C(=O)N3CCCC3)cc21)NC1CCCCCC1. The fourth-order valence-corrected chi connectivity index (χ4v) is 6.00. The van der Waals surface area contributed by atoms with Gasteiger partial charge in [-0.2, -0.15) is 0 Å². The molecular formula is C26H36N4O3. The van der Waals surface area contributed by atoms with Crippen molar-refractivity contribution in [2.45, 2.75) is 82.7 Å². The van der Waals surface area contributed by atoms with Crippen LogP contribution in [-0.2, 0) is 9.59 Å². The number of carbonyl (C=O) groups excluding carboxylic acids is 3. The van der Waals surface area contributed by atoms with E-state index in [1.165, 1.54) is 12.8 Å². The monoisotopic (exact) mass is 452 g/mol. The molecule has 1 atom stereocenters. The highest BCUT2D eigenvalue weighted by molar-refractivity contribution is 6.09. The second-order valence-corrected chi connectivity index (χ2v) is 10.1. The van der Waals surface area contributed by atoms with Gasteiger partial charge in [0.1, 0.15) is 12.6 Å². The maximum Gasteiger partial charge on any atom is 0.253 e. The second-order valence-electron chi connectivity index (χ2n) is 10.1. The number of nitrogens with one attached hydrogen (secondary N) is 1. The summed E-state index contributed by atoms with van der Waals surface area (Å²) in [5.41, 5.74) is 2.28. The number of carbonyl (C=O) groups is 3. The van der Waals surface area contributed by atoms with Crippen LogP contribution in [0.4, 0.5) is 11.4 Å². The predicted octanol–water partition coefficient (Wildman–Crippen LogP) is 3.47. The molecule has 5 rings (SSSR count). The number of benzene rings is 1. The van der Waals surface area contributed by atoms with Gasteiger partial charge in [-0.05, 0) is 63.1 Å². The molecule has 7 heteroatoms. The van der Waals surface area contributed by atoms with Crippen molar-refractivity contribution in [2.75, 3.05) is 36.0 Å². The van der Waals surface area contributed by atoms with E-state index in [0.717, 1.165) is 83.1 Å². The molecule has 3 aliphatic heterocycles. The van der Waals surface area contributed by atoms with Gasteiger partial charge in [0.2, 0.25) is 11.8 Å². The highest BCUT2D eigenvalue weighted by Gasteiger charge is 2.40. The molecule has 1 saturated carbocycles. The Morgan fingerprint density at radius 2 is 1.55 bits per heavy atom. The summed E-state index contributed by atoms with van der Waals surface area (Å²) in [7, 11) is 0. The normalized spacial score (nSPS) is 23.7. The van der Waals surface area contributed by atoms with Crippen LogP contribution in [0.25, 0.3) is 0 Å². The maximum absolute atomic E-state index is 13.6. The van der Waals surface area contributed by atoms with Crippen molar-refractivity contribution >= 4 is 29.1 Å². The molecule has 3 amide bonds. The molecule has 33 heavy (non-hydrogen) atoms. The summed E-state index contributed by atoms with van der Waals surface area (Å²) in [4.78, 5) is 45.4. The minimum atomic E-state index is -0.211. The summed E-state index contributed by atoms with van der Waals surface area (Å²) in [6.07, 6.45) is 11.8. The fraction of sp³-hybridized carbons (Fsp3) is 0.654. The van der Waals surface area contributed by atoms with E-state index in [9.17, 15) is 14.4 Å². The molecule has 178 valence electrons. The molecule has 0 radical (unpaired) electrons. The Labute approximate surface area is 196 Å². The molecule has 1 unspecified atom stereocenters. The lowest BCUT2D eigenvalue weighted by molar-refractivity contribution is -0.125. The second kappa shape index (κ2) is 9.74. The number of likely N-dealkylation sites (tertiary alicyclic amines) is 1. The fourth-order valence-electron chi connectivity index (χ4n) is 6.00. The molecule has 1 N–H and O–H groups in total. The van der Waals surface area contributed by atoms with Crippen molar-refractivity contribution in [3.63, 3.8) is 0 Å². The first-order chi connectivity index (χ1) is 16.1. The third-order valence-electron chi connectivity index (χ3n) is 7.79. The van der Waals surface area contributed by atoms with Crippen molar-refractivity contribution in [1.29, 1.82) is 0 Å². The Hall–Kier alpha value is -2.57. The minimum Gasteiger partial charge on any atom is -0.358 e. The van der Waals surface area contributed by atoms with Crippen LogP contribution in [0.2, 0.25) is 0 Å². The number of piperidine rings is 1. The number of hydrogen-bond donors (Lipinski definition) is 1. The quantitative estimate of drug-likeness (QED) is 0.710. The molecule has 3 fully saturated rings. The molecule has 1 aliphatic carbocycles. The first kappa shape index (κ1) is 22.2. The van der Waals surface area contributed by atoms with Gasteiger partial charge in [0.25, 0.3) is 5.91 Å². The van der Waals surface area contributed by atoms with E-state index in [2.05, 4.69) is 10.2 Å². The molecule has 0 spiro atoms. The van der Waals surface area contributed by atoms with Gasteiger partial charge in [-0.15, -0.1) is 0 Å². The summed E-state index contributed by atoms with van der Waals surface area (Å²) in [6, 6.07) is 5.72. The zero-order valence-corrected chi connectivity index (χ0v) is 19.6. The number of nitrogens with zero attached hydrogens (tertiary/aromatic N) is 3. The zero-order valence-electron chi connectivity index (χ0n) is 19.6. The Bertz CT molecular complexity index is 903. The maximum atomic E-state index is 13.6. The Balaban J connectivity index is 1.41. The number of hydrogen-bond acceptors (Lipinski definition) is 4. The van der Waals surface area contributed by atoms with Crippen LogP contribution in [0, 0.1) is 0 Å². The topological polar surface area (TPSA) is 73.0 Å². The summed E-state index contributed by atoms with van der Waals surface area (Å²) in [5.74, 6) is -0.0860. The van der Waals surface area contributed by atoms with E-state index in [4.69, 9.17) is 0 Å². The molecule has 1 aromatic carbocycles. The third-order valence-corrected chi connectivity index (χ3v) is 7.79. The van der Waals surface area contributed by atoms with Crippen LogP contribution in [0.15, 0.2) is 18.2 Å². The van der Waals surface area contributed by atoms with Crippen molar-refractivity contribution in [3.05, 3.63) is 23.8 Å². The van der Waals surface area contributed by atoms with Crippen LogP contribution < -0.4 is 15.1 Å². The van der Waals surface area contributed by atoms with Crippen molar-refractivity contribution in [2.24, 2.45) is 0 Å². The van der Waals surface area contributed by atoms with Gasteiger partial charge in [0.05, 0.1) is 11.4 Å². The van der Waals surface area contributed by atoms with Crippen molar-refractivity contribution < 1.29 is 14.4 Å². The lowest BCUT2D eigenvalue weighted by atomic mass is 9.95. The van der Waals surface area contributed by atoms with Crippen LogP contribution >= 0.6 is 0 Å². The van der Waals surface area contributed by atoms with E-state index < -0.39 is 0 Å². The van der Waals surface area contributed by atoms with E-state index in [-0.39, 0.29) is 36.3 Å². The largest absolute Gasteiger partial charge is 0.358 e. The Morgan fingerprint density at radius 3 is 2.30 bits per heavy atom. The number of amides is 3. The van der Waals surface area contributed by atoms with Gasteiger partial charge in [0.15, 0.2) is 0 Å². The van der Waals surface area contributed by atoms with E-state index in [1.807, 2.05) is 23.1 Å². The van der Waals surface area contributed by atoms with Gasteiger partial charge in [0, 0.05) is 31.2 Å². The number of fused-ring (bicyclic) bond motifs is 3. The number of rotatable bonds is 4. The summed E-state index contributed by atoms with van der Waals surface area (Å²) in [6.45, 7) is 2.44. The molecule has 4 aliphatic rings. The first-order valence-corrected chi connectivity index (χ1v) is 12.9. The highest BCUT2D eigenvalue weighted by atomic mass is 16.2. The molecule has 0 bridgehead atoms. The zero-order chi connectivity index (χ0) is 22.8. The van der Waals surface area contributed by atoms with Gasteiger partial charge < -0.3 is 15.1 Å². The lowest BCUT2D eigenvalue weighted by Gasteiger charge is -2.45. The standard InChI is InChI=1S/C26H36N4O3/c31-24(27-20-9-3-1-2-4-10-20)18-30-23-17-19(25(32)28-14-7-8-15-28)12-13-21(23)29-16-6-5-11-22(29)26(30)33/h12-13,17,20,22H,1-11,14-16,18H2,(H,27,31). The van der Waals surface area contributed by atoms with Crippen LogP contribution in [0.1, 0.15) is 81.0 Å². The number of anilines is 2. The minimum absolute atomic E-state index is 0.0102. The summed E-state index contributed by atoms with van der Waals surface area (Å²) < 4.78 is 0.